The molecule has 0 bridgehead atoms. The average Bonchev–Trinajstić information content (AvgIpc) is 3.27. The van der Waals surface area contributed by atoms with Gasteiger partial charge in [0.05, 0.1) is 16.7 Å². The summed E-state index contributed by atoms with van der Waals surface area (Å²) in [6.07, 6.45) is 3.18. The number of rotatable bonds is 2. The van der Waals surface area contributed by atoms with Crippen LogP contribution in [-0.4, -0.2) is 12.0 Å². The first-order valence-electron chi connectivity index (χ1n) is 11.6. The van der Waals surface area contributed by atoms with Gasteiger partial charge in [0.25, 0.3) is 0 Å². The van der Waals surface area contributed by atoms with E-state index in [-0.39, 0.29) is 6.42 Å². The molecule has 0 fully saturated rings. The van der Waals surface area contributed by atoms with Crippen LogP contribution in [0.1, 0.15) is 59.8 Å². The number of aliphatic imine (C=N–C) groups is 1. The van der Waals surface area contributed by atoms with Crippen LogP contribution >= 0.6 is 11.3 Å². The predicted octanol–water partition coefficient (Wildman–Crippen LogP) is 8.88. The molecule has 4 rings (SSSR count). The van der Waals surface area contributed by atoms with E-state index in [2.05, 4.69) is 40.6 Å². The van der Waals surface area contributed by atoms with Crippen LogP contribution in [0, 0.1) is 11.3 Å². The van der Waals surface area contributed by atoms with Crippen LogP contribution < -0.4 is 5.32 Å². The lowest BCUT2D eigenvalue weighted by atomic mass is 9.78. The van der Waals surface area contributed by atoms with Crippen molar-refractivity contribution < 1.29 is 4.39 Å². The van der Waals surface area contributed by atoms with Crippen LogP contribution in [0.15, 0.2) is 65.3 Å². The van der Waals surface area contributed by atoms with Crippen LogP contribution in [0.3, 0.4) is 0 Å². The van der Waals surface area contributed by atoms with Gasteiger partial charge in [0.15, 0.2) is 0 Å². The number of allylic oxidation sites excluding steroid dienone is 1. The second kappa shape index (κ2) is 11.2. The molecule has 3 nitrogen and oxygen atoms in total. The van der Waals surface area contributed by atoms with Crippen molar-refractivity contribution in [2.24, 2.45) is 4.99 Å². The van der Waals surface area contributed by atoms with E-state index in [4.69, 9.17) is 0 Å². The first kappa shape index (κ1) is 26.3. The molecule has 0 aliphatic carbocycles. The molecule has 3 aromatic rings. The number of benzene rings is 2. The molecule has 2 heterocycles. The predicted molar refractivity (Wildman–Crippen MR) is 143 cm³/mol. The maximum Gasteiger partial charge on any atom is 0.209 e. The van der Waals surface area contributed by atoms with Gasteiger partial charge in [-0.15, -0.1) is 11.3 Å². The van der Waals surface area contributed by atoms with E-state index < -0.39 is 11.2 Å². The summed E-state index contributed by atoms with van der Waals surface area (Å²) in [6.45, 7) is 13.6. The Balaban J connectivity index is 0.000000914. The van der Waals surface area contributed by atoms with Gasteiger partial charge in [0.1, 0.15) is 6.07 Å². The number of fused-ring (bicyclic) bond motifs is 3. The highest BCUT2D eigenvalue weighted by molar-refractivity contribution is 7.20. The third-order valence-electron chi connectivity index (χ3n) is 5.70. The molecule has 0 radical (unpaired) electrons. The lowest BCUT2D eigenvalue weighted by Crippen LogP contribution is -2.41. The maximum atomic E-state index is 16.1. The Morgan fingerprint density at radius 3 is 2.30 bits per heavy atom. The monoisotopic (exact) mass is 463 g/mol. The van der Waals surface area contributed by atoms with Gasteiger partial charge >= 0.3 is 0 Å². The molecular weight excluding hydrogens is 429 g/mol. The maximum absolute atomic E-state index is 16.1. The van der Waals surface area contributed by atoms with Crippen molar-refractivity contribution in [3.8, 4) is 17.2 Å². The fourth-order valence-corrected chi connectivity index (χ4v) is 5.23. The lowest BCUT2D eigenvalue weighted by molar-refractivity contribution is 0.0795. The molecule has 33 heavy (non-hydrogen) atoms. The number of nitriles is 1. The zero-order valence-electron chi connectivity index (χ0n) is 20.7. The summed E-state index contributed by atoms with van der Waals surface area (Å²) < 4.78 is 17.2. The summed E-state index contributed by atoms with van der Waals surface area (Å²) >= 11 is 1.59. The lowest BCUT2D eigenvalue weighted by Gasteiger charge is -2.36. The molecule has 0 spiro atoms. The highest BCUT2D eigenvalue weighted by atomic mass is 32.1. The Hall–Kier alpha value is -2.97. The van der Waals surface area contributed by atoms with Gasteiger partial charge in [0, 0.05) is 33.8 Å². The van der Waals surface area contributed by atoms with E-state index in [9.17, 15) is 5.26 Å². The van der Waals surface area contributed by atoms with Gasteiger partial charge in [-0.25, -0.2) is 4.39 Å². The van der Waals surface area contributed by atoms with Gasteiger partial charge in [-0.2, -0.15) is 5.26 Å². The summed E-state index contributed by atoms with van der Waals surface area (Å²) in [5, 5.41) is 13.8. The fourth-order valence-electron chi connectivity index (χ4n) is 3.87. The minimum Gasteiger partial charge on any atom is -0.359 e. The van der Waals surface area contributed by atoms with E-state index in [0.717, 1.165) is 31.8 Å². The van der Waals surface area contributed by atoms with Crippen LogP contribution in [0.25, 0.3) is 21.2 Å². The summed E-state index contributed by atoms with van der Waals surface area (Å²) in [4.78, 5) is 5.13. The second-order valence-corrected chi connectivity index (χ2v) is 8.76. The average molecular weight is 464 g/mol. The topological polar surface area (TPSA) is 48.2 Å². The quantitative estimate of drug-likeness (QED) is 0.386. The van der Waals surface area contributed by atoms with Crippen molar-refractivity contribution in [1.82, 2.24) is 0 Å². The van der Waals surface area contributed by atoms with Crippen molar-refractivity contribution in [2.45, 2.75) is 66.1 Å². The number of hydrogen-bond donors (Lipinski definition) is 1. The second-order valence-electron chi connectivity index (χ2n) is 7.70. The van der Waals surface area contributed by atoms with Crippen molar-refractivity contribution in [2.75, 3.05) is 5.32 Å². The molecular formula is C28H34FN3S. The number of thiophene rings is 1. The number of nitrogens with one attached hydrogen (secondary N) is 1. The van der Waals surface area contributed by atoms with E-state index in [0.29, 0.717) is 5.57 Å². The standard InChI is InChI=1S/C24H22FN3S.2C2H6/c1-4-24(25)23(2,3)22-21(27-14-16(13-26)15-28-24)20-18(11-8-12-19(20)29-22)17-9-6-5-7-10-17;2*1-2/h5-12,14-15,27H,4H2,1-3H3;2*1-2H3/b16-14-,28-15+;;/t24-;;/m1../s1. The molecule has 1 aromatic heterocycles. The van der Waals surface area contributed by atoms with Crippen molar-refractivity contribution in [1.29, 1.82) is 5.26 Å². The molecule has 0 saturated heterocycles. The van der Waals surface area contributed by atoms with E-state index in [1.165, 1.54) is 6.21 Å². The third kappa shape index (κ3) is 4.86. The van der Waals surface area contributed by atoms with Crippen LogP contribution in [-0.2, 0) is 5.41 Å². The Bertz CT molecular complexity index is 1170. The number of nitrogens with zero attached hydrogens (tertiary/aromatic N) is 2. The molecule has 2 aromatic carbocycles. The highest BCUT2D eigenvalue weighted by Gasteiger charge is 2.48. The number of anilines is 1. The Kier molecular flexibility index (Phi) is 8.96. The molecule has 1 atom stereocenters. The number of hydrogen-bond acceptors (Lipinski definition) is 4. The SMILES string of the molecule is CC.CC.CC[C@@]1(F)/N=C/C(C#N)=C\Nc2c(sc3cccc(-c4ccccc4)c23)C1(C)C. The smallest absolute Gasteiger partial charge is 0.209 e. The Morgan fingerprint density at radius 2 is 1.70 bits per heavy atom. The summed E-state index contributed by atoms with van der Waals surface area (Å²) in [7, 11) is 0. The van der Waals surface area contributed by atoms with Crippen LogP contribution in [0.4, 0.5) is 10.1 Å². The zero-order valence-corrected chi connectivity index (χ0v) is 21.5. The van der Waals surface area contributed by atoms with Gasteiger partial charge in [-0.05, 0) is 31.0 Å². The van der Waals surface area contributed by atoms with E-state index in [1.54, 1.807) is 24.5 Å². The van der Waals surface area contributed by atoms with Gasteiger partial charge < -0.3 is 5.32 Å². The fraction of sp³-hybridized carbons (Fsp3) is 0.357. The normalized spacial score (nSPS) is 21.0. The largest absolute Gasteiger partial charge is 0.359 e. The molecule has 0 amide bonds. The molecule has 5 heteroatoms. The molecule has 0 saturated carbocycles. The molecule has 174 valence electrons. The molecule has 1 N–H and O–H groups in total. The van der Waals surface area contributed by atoms with Crippen molar-refractivity contribution >= 4 is 33.3 Å². The molecule has 0 unspecified atom stereocenters. The Morgan fingerprint density at radius 1 is 1.03 bits per heavy atom. The van der Waals surface area contributed by atoms with Gasteiger partial charge in [0.2, 0.25) is 5.79 Å². The summed E-state index contributed by atoms with van der Waals surface area (Å²) in [6, 6.07) is 18.4. The van der Waals surface area contributed by atoms with E-state index >= 15 is 4.39 Å². The summed E-state index contributed by atoms with van der Waals surface area (Å²) in [5.41, 5.74) is 2.44. The minimum atomic E-state index is -1.82. The molecule has 1 aliphatic heterocycles. The first-order chi connectivity index (χ1) is 15.9. The van der Waals surface area contributed by atoms with Crippen molar-refractivity contribution in [3.63, 3.8) is 0 Å². The third-order valence-corrected chi connectivity index (χ3v) is 7.18. The van der Waals surface area contributed by atoms with Crippen molar-refractivity contribution in [3.05, 3.63) is 65.2 Å². The highest BCUT2D eigenvalue weighted by Crippen LogP contribution is 2.52. The Labute approximate surface area is 201 Å². The van der Waals surface area contributed by atoms with Crippen LogP contribution in [0.5, 0.6) is 0 Å². The first-order valence-corrected chi connectivity index (χ1v) is 12.5. The van der Waals surface area contributed by atoms with Crippen LogP contribution in [0.2, 0.25) is 0 Å². The summed E-state index contributed by atoms with van der Waals surface area (Å²) in [5.74, 6) is -1.82. The van der Waals surface area contributed by atoms with Gasteiger partial charge in [-0.1, -0.05) is 77.1 Å². The van der Waals surface area contributed by atoms with E-state index in [1.807, 2.05) is 65.8 Å². The molecule has 1 aliphatic rings. The minimum absolute atomic E-state index is 0.217. The van der Waals surface area contributed by atoms with Gasteiger partial charge in [-0.3, -0.25) is 4.99 Å². The zero-order chi connectivity index (χ0) is 24.6. The number of alkyl halides is 1. The number of halogens is 1.